The summed E-state index contributed by atoms with van der Waals surface area (Å²) >= 11 is 0. The predicted molar refractivity (Wildman–Crippen MR) is 129 cm³/mol. The third-order valence-electron chi connectivity index (χ3n) is 5.93. The standard InChI is InChI=1S/C26H21FN7O2/c27-21-3-1-2-4-22(21)34-24(19-9-11-28-12-10-19)23(30-32-34)26-29-25(31-36-26)20-7-5-18(6-8-20)17-33-13-15-35-16-14-33/h1-12,15H,13-14,16-17H2. The molecule has 6 rings (SSSR count). The molecular weight excluding hydrogens is 461 g/mol. The molecule has 4 heterocycles. The van der Waals surface area contributed by atoms with Gasteiger partial charge in [0.15, 0.2) is 5.69 Å². The Morgan fingerprint density at radius 1 is 0.944 bits per heavy atom. The normalized spacial score (nSPS) is 14.2. The van der Waals surface area contributed by atoms with Crippen molar-refractivity contribution in [3.05, 3.63) is 91.0 Å². The van der Waals surface area contributed by atoms with Crippen LogP contribution < -0.4 is 0 Å². The van der Waals surface area contributed by atoms with Crippen molar-refractivity contribution in [2.75, 3.05) is 19.7 Å². The summed E-state index contributed by atoms with van der Waals surface area (Å²) < 4.78 is 26.9. The molecule has 10 heteroatoms. The van der Waals surface area contributed by atoms with Gasteiger partial charge in [-0.3, -0.25) is 9.88 Å². The van der Waals surface area contributed by atoms with E-state index in [-0.39, 0.29) is 11.6 Å². The zero-order valence-corrected chi connectivity index (χ0v) is 19.2. The van der Waals surface area contributed by atoms with Gasteiger partial charge >= 0.3 is 0 Å². The van der Waals surface area contributed by atoms with Gasteiger partial charge in [0.05, 0.1) is 13.2 Å². The molecule has 36 heavy (non-hydrogen) atoms. The minimum absolute atomic E-state index is 0.187. The molecule has 1 saturated heterocycles. The van der Waals surface area contributed by atoms with Crippen LogP contribution in [0, 0.1) is 12.4 Å². The lowest BCUT2D eigenvalue weighted by Gasteiger charge is -2.26. The molecule has 0 aliphatic carbocycles. The van der Waals surface area contributed by atoms with Crippen LogP contribution in [0.2, 0.25) is 0 Å². The molecule has 0 spiro atoms. The highest BCUT2D eigenvalue weighted by Gasteiger charge is 2.24. The maximum Gasteiger partial charge on any atom is 0.281 e. The second-order valence-corrected chi connectivity index (χ2v) is 8.28. The van der Waals surface area contributed by atoms with E-state index in [2.05, 4.69) is 42.5 Å². The van der Waals surface area contributed by atoms with Crippen LogP contribution >= 0.6 is 0 Å². The highest BCUT2D eigenvalue weighted by Crippen LogP contribution is 2.32. The molecule has 1 aliphatic heterocycles. The molecule has 2 aromatic carbocycles. The first kappa shape index (κ1) is 22.2. The van der Waals surface area contributed by atoms with Gasteiger partial charge < -0.3 is 9.26 Å². The molecule has 9 nitrogen and oxygen atoms in total. The largest absolute Gasteiger partial charge is 0.373 e. The van der Waals surface area contributed by atoms with E-state index in [0.29, 0.717) is 23.8 Å². The maximum absolute atomic E-state index is 14.6. The topological polar surface area (TPSA) is 95.0 Å². The van der Waals surface area contributed by atoms with Gasteiger partial charge in [-0.05, 0) is 29.8 Å². The zero-order chi connectivity index (χ0) is 24.3. The number of aromatic nitrogens is 6. The molecule has 1 radical (unpaired) electrons. The number of morpholine rings is 1. The fourth-order valence-corrected chi connectivity index (χ4v) is 4.10. The quantitative estimate of drug-likeness (QED) is 0.356. The average molecular weight is 482 g/mol. The number of hydrogen-bond donors (Lipinski definition) is 0. The van der Waals surface area contributed by atoms with Gasteiger partial charge in [0, 0.05) is 43.2 Å². The Kier molecular flexibility index (Phi) is 6.02. The molecule has 0 bridgehead atoms. The van der Waals surface area contributed by atoms with Gasteiger partial charge in [0.1, 0.15) is 17.2 Å². The highest BCUT2D eigenvalue weighted by atomic mass is 19.1. The van der Waals surface area contributed by atoms with Crippen LogP contribution in [0.3, 0.4) is 0 Å². The van der Waals surface area contributed by atoms with Crippen LogP contribution in [0.15, 0.2) is 77.6 Å². The Morgan fingerprint density at radius 3 is 2.56 bits per heavy atom. The van der Waals surface area contributed by atoms with Crippen molar-refractivity contribution in [3.8, 4) is 39.9 Å². The van der Waals surface area contributed by atoms with Crippen molar-refractivity contribution in [3.63, 3.8) is 0 Å². The summed E-state index contributed by atoms with van der Waals surface area (Å²) in [7, 11) is 0. The molecule has 0 N–H and O–H groups in total. The molecular formula is C26H21FN7O2. The highest BCUT2D eigenvalue weighted by molar-refractivity contribution is 5.76. The van der Waals surface area contributed by atoms with Crippen molar-refractivity contribution in [1.82, 2.24) is 35.0 Å². The van der Waals surface area contributed by atoms with Crippen LogP contribution in [0.25, 0.3) is 39.9 Å². The van der Waals surface area contributed by atoms with E-state index in [0.717, 1.165) is 30.8 Å². The molecule has 0 unspecified atom stereocenters. The van der Waals surface area contributed by atoms with E-state index in [4.69, 9.17) is 9.26 Å². The number of benzene rings is 2. The van der Waals surface area contributed by atoms with E-state index in [9.17, 15) is 4.39 Å². The van der Waals surface area contributed by atoms with Crippen LogP contribution in [0.5, 0.6) is 0 Å². The van der Waals surface area contributed by atoms with Crippen LogP contribution in [0.1, 0.15) is 5.56 Å². The van der Waals surface area contributed by atoms with Crippen LogP contribution in [0.4, 0.5) is 4.39 Å². The molecule has 3 aromatic heterocycles. The number of pyridine rings is 1. The van der Waals surface area contributed by atoms with E-state index >= 15 is 0 Å². The summed E-state index contributed by atoms with van der Waals surface area (Å²) in [5.74, 6) is 0.190. The van der Waals surface area contributed by atoms with Gasteiger partial charge in [-0.1, -0.05) is 46.8 Å². The monoisotopic (exact) mass is 482 g/mol. The van der Waals surface area contributed by atoms with Gasteiger partial charge in [0.25, 0.3) is 5.89 Å². The van der Waals surface area contributed by atoms with Gasteiger partial charge in [-0.15, -0.1) is 5.10 Å². The summed E-state index contributed by atoms with van der Waals surface area (Å²) in [5.41, 5.74) is 3.87. The number of ether oxygens (including phenoxy) is 1. The predicted octanol–water partition coefficient (Wildman–Crippen LogP) is 4.18. The first-order chi connectivity index (χ1) is 17.8. The van der Waals surface area contributed by atoms with Crippen LogP contribution in [-0.2, 0) is 11.3 Å². The van der Waals surface area contributed by atoms with Crippen molar-refractivity contribution in [2.24, 2.45) is 0 Å². The minimum atomic E-state index is -0.425. The lowest BCUT2D eigenvalue weighted by Crippen LogP contribution is -2.33. The Balaban J connectivity index is 1.32. The second-order valence-electron chi connectivity index (χ2n) is 8.28. The Hall–Kier alpha value is -4.28. The Morgan fingerprint density at radius 2 is 1.78 bits per heavy atom. The summed E-state index contributed by atoms with van der Waals surface area (Å²) in [6, 6.07) is 18.0. The smallest absolute Gasteiger partial charge is 0.281 e. The minimum Gasteiger partial charge on any atom is -0.373 e. The molecule has 5 aromatic rings. The van der Waals surface area contributed by atoms with Crippen molar-refractivity contribution in [1.29, 1.82) is 0 Å². The van der Waals surface area contributed by atoms with Gasteiger partial charge in [0.2, 0.25) is 5.82 Å². The summed E-state index contributed by atoms with van der Waals surface area (Å²) in [4.78, 5) is 11.0. The maximum atomic E-state index is 14.6. The van der Waals surface area contributed by atoms with Crippen molar-refractivity contribution in [2.45, 2.75) is 6.54 Å². The fourth-order valence-electron chi connectivity index (χ4n) is 4.10. The second kappa shape index (κ2) is 9.76. The Bertz CT molecular complexity index is 1460. The third kappa shape index (κ3) is 4.39. The first-order valence-corrected chi connectivity index (χ1v) is 11.5. The Labute approximate surface area is 206 Å². The summed E-state index contributed by atoms with van der Waals surface area (Å²) in [6.07, 6.45) is 3.29. The van der Waals surface area contributed by atoms with Gasteiger partial charge in [-0.25, -0.2) is 9.07 Å². The van der Waals surface area contributed by atoms with E-state index in [1.807, 2.05) is 18.7 Å². The number of nitrogens with zero attached hydrogens (tertiary/aromatic N) is 7. The molecule has 179 valence electrons. The van der Waals surface area contributed by atoms with Crippen molar-refractivity contribution >= 4 is 0 Å². The van der Waals surface area contributed by atoms with Gasteiger partial charge in [-0.2, -0.15) is 4.98 Å². The average Bonchev–Trinajstić information content (AvgIpc) is 3.58. The van der Waals surface area contributed by atoms with E-state index in [1.165, 1.54) is 16.3 Å². The lowest BCUT2D eigenvalue weighted by atomic mass is 10.1. The number of hydrogen-bond acceptors (Lipinski definition) is 8. The summed E-state index contributed by atoms with van der Waals surface area (Å²) in [5, 5.41) is 12.6. The number of para-hydroxylation sites is 1. The van der Waals surface area contributed by atoms with E-state index in [1.54, 1.807) is 42.7 Å². The fraction of sp³-hybridized carbons (Fsp3) is 0.154. The molecule has 1 fully saturated rings. The zero-order valence-electron chi connectivity index (χ0n) is 19.2. The molecule has 0 atom stereocenters. The molecule has 1 aliphatic rings. The SMILES string of the molecule is Fc1ccccc1-n1nnc(-c2nc(-c3ccc(CN4C[CH]OCC4)cc3)no2)c1-c1ccncc1. The van der Waals surface area contributed by atoms with Crippen molar-refractivity contribution < 1.29 is 13.7 Å². The molecule has 0 amide bonds. The summed E-state index contributed by atoms with van der Waals surface area (Å²) in [6.45, 7) is 5.10. The van der Waals surface area contributed by atoms with Crippen LogP contribution in [-0.4, -0.2) is 54.7 Å². The third-order valence-corrected chi connectivity index (χ3v) is 5.93. The number of halogens is 1. The molecule has 0 saturated carbocycles. The lowest BCUT2D eigenvalue weighted by molar-refractivity contribution is 0.0811. The van der Waals surface area contributed by atoms with E-state index < -0.39 is 5.82 Å². The number of rotatable bonds is 6. The first-order valence-electron chi connectivity index (χ1n) is 11.5.